The summed E-state index contributed by atoms with van der Waals surface area (Å²) in [4.78, 5) is 25.0. The lowest BCUT2D eigenvalue weighted by Crippen LogP contribution is -2.43. The van der Waals surface area contributed by atoms with Crippen molar-refractivity contribution in [2.24, 2.45) is 0 Å². The number of ether oxygens (including phenoxy) is 2. The van der Waals surface area contributed by atoms with Crippen molar-refractivity contribution in [3.05, 3.63) is 89.9 Å². The normalized spacial score (nSPS) is 11.5. The summed E-state index contributed by atoms with van der Waals surface area (Å²) >= 11 is 0. The topological polar surface area (TPSA) is 77.8 Å². The third-order valence-electron chi connectivity index (χ3n) is 4.13. The highest BCUT2D eigenvalue weighted by atomic mass is 16.5. The molecule has 0 saturated heterocycles. The predicted octanol–water partition coefficient (Wildman–Crippen LogP) is 3.37. The number of rotatable bonds is 8. The van der Waals surface area contributed by atoms with Crippen molar-refractivity contribution in [1.82, 2.24) is 5.32 Å². The van der Waals surface area contributed by atoms with Gasteiger partial charge in [-0.3, -0.25) is 4.79 Å². The van der Waals surface area contributed by atoms with Crippen LogP contribution in [0.15, 0.2) is 77.4 Å². The summed E-state index contributed by atoms with van der Waals surface area (Å²) in [5.74, 6) is -0.171. The number of carbonyl (C=O) groups excluding carboxylic acids is 2. The Hall–Kier alpha value is -3.54. The third kappa shape index (κ3) is 5.23. The van der Waals surface area contributed by atoms with Crippen LogP contribution >= 0.6 is 0 Å². The van der Waals surface area contributed by atoms with E-state index in [1.165, 1.54) is 12.3 Å². The molecule has 6 nitrogen and oxygen atoms in total. The molecule has 1 atom stereocenters. The van der Waals surface area contributed by atoms with E-state index in [1.54, 1.807) is 19.2 Å². The molecule has 144 valence electrons. The molecule has 1 N–H and O–H groups in total. The summed E-state index contributed by atoms with van der Waals surface area (Å²) in [7, 11) is 1.57. The molecular formula is C22H21NO5. The van der Waals surface area contributed by atoms with Crippen LogP contribution in [0, 0.1) is 0 Å². The quantitative estimate of drug-likeness (QED) is 0.607. The lowest BCUT2D eigenvalue weighted by molar-refractivity contribution is -0.147. The van der Waals surface area contributed by atoms with E-state index in [0.717, 1.165) is 11.1 Å². The Bertz CT molecular complexity index is 906. The lowest BCUT2D eigenvalue weighted by atomic mass is 10.1. The fraction of sp³-hybridized carbons (Fsp3) is 0.182. The Morgan fingerprint density at radius 3 is 2.50 bits per heavy atom. The van der Waals surface area contributed by atoms with Crippen molar-refractivity contribution < 1.29 is 23.5 Å². The van der Waals surface area contributed by atoms with Gasteiger partial charge in [0.25, 0.3) is 5.91 Å². The minimum Gasteiger partial charge on any atom is -0.497 e. The van der Waals surface area contributed by atoms with Crippen molar-refractivity contribution in [3.8, 4) is 5.75 Å². The van der Waals surface area contributed by atoms with Gasteiger partial charge in [-0.15, -0.1) is 0 Å². The second-order valence-corrected chi connectivity index (χ2v) is 6.15. The van der Waals surface area contributed by atoms with Gasteiger partial charge in [0, 0.05) is 6.42 Å². The summed E-state index contributed by atoms with van der Waals surface area (Å²) in [5, 5.41) is 2.69. The zero-order valence-electron chi connectivity index (χ0n) is 15.5. The first-order chi connectivity index (χ1) is 13.7. The first-order valence-corrected chi connectivity index (χ1v) is 8.83. The van der Waals surface area contributed by atoms with Crippen molar-refractivity contribution in [3.63, 3.8) is 0 Å². The molecule has 0 aliphatic heterocycles. The van der Waals surface area contributed by atoms with Gasteiger partial charge in [-0.25, -0.2) is 4.79 Å². The van der Waals surface area contributed by atoms with Crippen molar-refractivity contribution in [2.75, 3.05) is 7.11 Å². The molecule has 0 saturated carbocycles. The van der Waals surface area contributed by atoms with Gasteiger partial charge in [-0.2, -0.15) is 0 Å². The Morgan fingerprint density at radius 1 is 1.00 bits per heavy atom. The molecule has 0 unspecified atom stereocenters. The van der Waals surface area contributed by atoms with Crippen LogP contribution in [-0.2, 0) is 22.6 Å². The van der Waals surface area contributed by atoms with Crippen LogP contribution in [0.5, 0.6) is 5.75 Å². The average Bonchev–Trinajstić information content (AvgIpc) is 3.27. The predicted molar refractivity (Wildman–Crippen MR) is 103 cm³/mol. The average molecular weight is 379 g/mol. The highest BCUT2D eigenvalue weighted by Crippen LogP contribution is 2.14. The van der Waals surface area contributed by atoms with Crippen molar-refractivity contribution in [1.29, 1.82) is 0 Å². The van der Waals surface area contributed by atoms with Gasteiger partial charge in [0.1, 0.15) is 18.4 Å². The van der Waals surface area contributed by atoms with E-state index in [9.17, 15) is 9.59 Å². The molecule has 0 aliphatic rings. The van der Waals surface area contributed by atoms with Crippen LogP contribution in [-0.4, -0.2) is 25.0 Å². The minimum absolute atomic E-state index is 0.0813. The van der Waals surface area contributed by atoms with E-state index < -0.39 is 17.9 Å². The van der Waals surface area contributed by atoms with E-state index in [-0.39, 0.29) is 12.4 Å². The largest absolute Gasteiger partial charge is 0.497 e. The van der Waals surface area contributed by atoms with Crippen LogP contribution in [0.2, 0.25) is 0 Å². The zero-order valence-corrected chi connectivity index (χ0v) is 15.5. The summed E-state index contributed by atoms with van der Waals surface area (Å²) in [5.41, 5.74) is 1.70. The molecule has 1 heterocycles. The Balaban J connectivity index is 1.69. The molecule has 28 heavy (non-hydrogen) atoms. The second kappa shape index (κ2) is 9.41. The van der Waals surface area contributed by atoms with Crippen LogP contribution in [0.25, 0.3) is 0 Å². The van der Waals surface area contributed by atoms with Gasteiger partial charge in [0.2, 0.25) is 0 Å². The van der Waals surface area contributed by atoms with E-state index in [2.05, 4.69) is 5.32 Å². The molecule has 0 spiro atoms. The van der Waals surface area contributed by atoms with Crippen LogP contribution in [0.1, 0.15) is 21.7 Å². The van der Waals surface area contributed by atoms with Gasteiger partial charge in [0.05, 0.1) is 13.4 Å². The number of esters is 1. The maximum Gasteiger partial charge on any atom is 0.329 e. The molecule has 1 amide bonds. The molecule has 3 rings (SSSR count). The van der Waals surface area contributed by atoms with E-state index >= 15 is 0 Å². The van der Waals surface area contributed by atoms with Gasteiger partial charge in [-0.05, 0) is 35.4 Å². The van der Waals surface area contributed by atoms with Crippen LogP contribution in [0.4, 0.5) is 0 Å². The molecule has 0 aliphatic carbocycles. The number of hydrogen-bond donors (Lipinski definition) is 1. The SMILES string of the molecule is COc1cccc(COC(=O)[C@H](Cc2ccccc2)NC(=O)c2ccco2)c1. The zero-order chi connectivity index (χ0) is 19.8. The number of carbonyl (C=O) groups is 2. The van der Waals surface area contributed by atoms with Gasteiger partial charge in [-0.1, -0.05) is 42.5 Å². The van der Waals surface area contributed by atoms with E-state index in [4.69, 9.17) is 13.9 Å². The van der Waals surface area contributed by atoms with Gasteiger partial charge in [0.15, 0.2) is 5.76 Å². The summed E-state index contributed by atoms with van der Waals surface area (Å²) in [6.45, 7) is 0.0813. The molecular weight excluding hydrogens is 358 g/mol. The number of benzene rings is 2. The second-order valence-electron chi connectivity index (χ2n) is 6.15. The first kappa shape index (κ1) is 19.2. The van der Waals surface area contributed by atoms with Crippen LogP contribution < -0.4 is 10.1 Å². The number of hydrogen-bond acceptors (Lipinski definition) is 5. The molecule has 0 fully saturated rings. The van der Waals surface area contributed by atoms with Crippen molar-refractivity contribution >= 4 is 11.9 Å². The fourth-order valence-corrected chi connectivity index (χ4v) is 2.70. The number of furan rings is 1. The summed E-state index contributed by atoms with van der Waals surface area (Å²) in [6, 6.07) is 19.0. The highest BCUT2D eigenvalue weighted by Gasteiger charge is 2.24. The van der Waals surface area contributed by atoms with E-state index in [1.807, 2.05) is 48.5 Å². The Kier molecular flexibility index (Phi) is 6.46. The van der Waals surface area contributed by atoms with Crippen molar-refractivity contribution in [2.45, 2.75) is 19.1 Å². The highest BCUT2D eigenvalue weighted by molar-refractivity contribution is 5.94. The Labute approximate surface area is 163 Å². The van der Waals surface area contributed by atoms with Gasteiger partial charge >= 0.3 is 5.97 Å². The van der Waals surface area contributed by atoms with Gasteiger partial charge < -0.3 is 19.2 Å². The smallest absolute Gasteiger partial charge is 0.329 e. The maximum absolute atomic E-state index is 12.7. The molecule has 1 aromatic heterocycles. The third-order valence-corrected chi connectivity index (χ3v) is 4.13. The Morgan fingerprint density at radius 2 is 1.79 bits per heavy atom. The van der Waals surface area contributed by atoms with E-state index in [0.29, 0.717) is 12.2 Å². The molecule has 0 bridgehead atoms. The number of amides is 1. The summed E-state index contributed by atoms with van der Waals surface area (Å²) in [6.07, 6.45) is 1.71. The van der Waals surface area contributed by atoms with Crippen LogP contribution in [0.3, 0.4) is 0 Å². The molecule has 0 radical (unpaired) electrons. The molecule has 2 aromatic carbocycles. The molecule has 3 aromatic rings. The first-order valence-electron chi connectivity index (χ1n) is 8.83. The standard InChI is InChI=1S/C22H21NO5/c1-26-18-10-5-9-17(13-18)15-28-22(25)19(14-16-7-3-2-4-8-16)23-21(24)20-11-6-12-27-20/h2-13,19H,14-15H2,1H3,(H,23,24)/t19-/m0/s1. The molecule has 6 heteroatoms. The fourth-order valence-electron chi connectivity index (χ4n) is 2.70. The summed E-state index contributed by atoms with van der Waals surface area (Å²) < 4.78 is 15.7. The monoisotopic (exact) mass is 379 g/mol. The maximum atomic E-state index is 12.7. The number of methoxy groups -OCH3 is 1. The number of nitrogens with one attached hydrogen (secondary N) is 1. The lowest BCUT2D eigenvalue weighted by Gasteiger charge is -2.17. The minimum atomic E-state index is -0.842.